The Hall–Kier alpha value is -1.11. The molecule has 1 heteroatoms. The van der Waals surface area contributed by atoms with Crippen LogP contribution in [-0.2, 0) is 6.42 Å². The molecular weight excluding hydrogens is 271 g/mol. The van der Waals surface area contributed by atoms with E-state index in [1.165, 1.54) is 44.1 Å². The minimum Gasteiger partial charge on any atom is -0.207 e. The summed E-state index contributed by atoms with van der Waals surface area (Å²) in [6.07, 6.45) is 11.8. The molecule has 0 spiro atoms. The second kappa shape index (κ2) is 6.98. The minimum atomic E-state index is 0.0110. The van der Waals surface area contributed by atoms with Gasteiger partial charge in [-0.3, -0.25) is 0 Å². The van der Waals surface area contributed by atoms with E-state index in [-0.39, 0.29) is 5.82 Å². The summed E-state index contributed by atoms with van der Waals surface area (Å²) in [6.45, 7) is 6.08. The standard InChI is InChI=1S/C21H29F/c1-3-5-16-8-9-20(14-21(16)22)19-11-10-17-12-15(4-2)6-7-18(17)13-19/h4,8-9,14-15,17-19H,2-3,5-7,10-13H2,1H3/t15-,17-,18-,19?/m1/s1. The van der Waals surface area contributed by atoms with Gasteiger partial charge in [0.15, 0.2) is 0 Å². The number of aryl methyl sites for hydroxylation is 1. The number of allylic oxidation sites excluding steroid dienone is 1. The van der Waals surface area contributed by atoms with Gasteiger partial charge in [0.05, 0.1) is 0 Å². The van der Waals surface area contributed by atoms with E-state index in [4.69, 9.17) is 0 Å². The van der Waals surface area contributed by atoms with Gasteiger partial charge >= 0.3 is 0 Å². The van der Waals surface area contributed by atoms with Gasteiger partial charge in [-0.2, -0.15) is 0 Å². The van der Waals surface area contributed by atoms with Gasteiger partial charge < -0.3 is 0 Å². The van der Waals surface area contributed by atoms with Crippen LogP contribution in [0.3, 0.4) is 0 Å². The molecule has 2 saturated carbocycles. The molecule has 0 amide bonds. The Labute approximate surface area is 134 Å². The van der Waals surface area contributed by atoms with E-state index in [1.807, 2.05) is 12.1 Å². The smallest absolute Gasteiger partial charge is 0.126 e. The van der Waals surface area contributed by atoms with Crippen molar-refractivity contribution in [3.8, 4) is 0 Å². The first-order chi connectivity index (χ1) is 10.7. The molecule has 120 valence electrons. The van der Waals surface area contributed by atoms with Crippen LogP contribution in [0.25, 0.3) is 0 Å². The van der Waals surface area contributed by atoms with Crippen molar-refractivity contribution in [3.63, 3.8) is 0 Å². The fourth-order valence-corrected chi connectivity index (χ4v) is 4.73. The second-order valence-corrected chi connectivity index (χ2v) is 7.44. The number of benzene rings is 1. The number of hydrogen-bond donors (Lipinski definition) is 0. The van der Waals surface area contributed by atoms with E-state index in [1.54, 1.807) is 0 Å². The maximum Gasteiger partial charge on any atom is 0.126 e. The Morgan fingerprint density at radius 3 is 2.64 bits per heavy atom. The topological polar surface area (TPSA) is 0 Å². The van der Waals surface area contributed by atoms with Gasteiger partial charge in [0.1, 0.15) is 5.82 Å². The van der Waals surface area contributed by atoms with Crippen molar-refractivity contribution in [2.45, 2.75) is 64.2 Å². The molecule has 0 nitrogen and oxygen atoms in total. The van der Waals surface area contributed by atoms with Crippen molar-refractivity contribution >= 4 is 0 Å². The molecule has 0 N–H and O–H groups in total. The van der Waals surface area contributed by atoms with Gasteiger partial charge in [0, 0.05) is 0 Å². The van der Waals surface area contributed by atoms with Gasteiger partial charge in [0.2, 0.25) is 0 Å². The molecule has 0 heterocycles. The summed E-state index contributed by atoms with van der Waals surface area (Å²) in [5.74, 6) is 3.07. The van der Waals surface area contributed by atoms with E-state index < -0.39 is 0 Å². The van der Waals surface area contributed by atoms with Gasteiger partial charge in [-0.05, 0) is 85.8 Å². The molecule has 2 fully saturated rings. The molecule has 1 aromatic carbocycles. The first-order valence-electron chi connectivity index (χ1n) is 9.12. The summed E-state index contributed by atoms with van der Waals surface area (Å²) in [5, 5.41) is 0. The molecule has 1 unspecified atom stereocenters. The summed E-state index contributed by atoms with van der Waals surface area (Å²) in [4.78, 5) is 0. The molecule has 0 aliphatic heterocycles. The van der Waals surface area contributed by atoms with Crippen molar-refractivity contribution in [1.82, 2.24) is 0 Å². The molecule has 1 aromatic rings. The van der Waals surface area contributed by atoms with Crippen LogP contribution in [0.15, 0.2) is 30.9 Å². The molecule has 0 aromatic heterocycles. The third-order valence-corrected chi connectivity index (χ3v) is 6.05. The lowest BCUT2D eigenvalue weighted by Crippen LogP contribution is -2.30. The van der Waals surface area contributed by atoms with Crippen LogP contribution in [0, 0.1) is 23.6 Å². The van der Waals surface area contributed by atoms with Crippen LogP contribution < -0.4 is 0 Å². The summed E-state index contributed by atoms with van der Waals surface area (Å²) < 4.78 is 14.2. The van der Waals surface area contributed by atoms with E-state index in [0.717, 1.165) is 36.2 Å². The zero-order valence-corrected chi connectivity index (χ0v) is 13.9. The monoisotopic (exact) mass is 300 g/mol. The second-order valence-electron chi connectivity index (χ2n) is 7.44. The Kier molecular flexibility index (Phi) is 5.00. The summed E-state index contributed by atoms with van der Waals surface area (Å²) in [7, 11) is 0. The molecule has 3 rings (SSSR count). The van der Waals surface area contributed by atoms with Gasteiger partial charge in [-0.15, -0.1) is 6.58 Å². The van der Waals surface area contributed by atoms with E-state index in [2.05, 4.69) is 25.6 Å². The van der Waals surface area contributed by atoms with Gasteiger partial charge in [0.25, 0.3) is 0 Å². The van der Waals surface area contributed by atoms with E-state index in [9.17, 15) is 4.39 Å². The lowest BCUT2D eigenvalue weighted by molar-refractivity contribution is 0.133. The molecule has 0 bridgehead atoms. The summed E-state index contributed by atoms with van der Waals surface area (Å²) in [5.41, 5.74) is 2.12. The Balaban J connectivity index is 1.67. The largest absolute Gasteiger partial charge is 0.207 e. The maximum atomic E-state index is 14.2. The third-order valence-electron chi connectivity index (χ3n) is 6.05. The van der Waals surface area contributed by atoms with Gasteiger partial charge in [-0.25, -0.2) is 4.39 Å². The lowest BCUT2D eigenvalue weighted by Gasteiger charge is -2.41. The van der Waals surface area contributed by atoms with Crippen LogP contribution in [0.2, 0.25) is 0 Å². The molecule has 22 heavy (non-hydrogen) atoms. The van der Waals surface area contributed by atoms with Crippen LogP contribution in [0.5, 0.6) is 0 Å². The van der Waals surface area contributed by atoms with Crippen molar-refractivity contribution < 1.29 is 4.39 Å². The highest BCUT2D eigenvalue weighted by molar-refractivity contribution is 5.27. The van der Waals surface area contributed by atoms with Crippen molar-refractivity contribution in [1.29, 1.82) is 0 Å². The Bertz CT molecular complexity index is 519. The highest BCUT2D eigenvalue weighted by Gasteiger charge is 2.35. The number of hydrogen-bond acceptors (Lipinski definition) is 0. The lowest BCUT2D eigenvalue weighted by atomic mass is 9.64. The van der Waals surface area contributed by atoms with Crippen molar-refractivity contribution in [2.75, 3.05) is 0 Å². The average Bonchev–Trinajstić information content (AvgIpc) is 2.56. The normalized spacial score (nSPS) is 31.5. The van der Waals surface area contributed by atoms with Crippen LogP contribution >= 0.6 is 0 Å². The fourth-order valence-electron chi connectivity index (χ4n) is 4.73. The molecule has 2 aliphatic rings. The summed E-state index contributed by atoms with van der Waals surface area (Å²) in [6, 6.07) is 6.04. The zero-order valence-electron chi connectivity index (χ0n) is 13.9. The predicted molar refractivity (Wildman–Crippen MR) is 91.5 cm³/mol. The quantitative estimate of drug-likeness (QED) is 0.575. The van der Waals surface area contributed by atoms with E-state index in [0.29, 0.717) is 5.92 Å². The number of fused-ring (bicyclic) bond motifs is 1. The highest BCUT2D eigenvalue weighted by Crippen LogP contribution is 2.47. The molecule has 0 saturated heterocycles. The van der Waals surface area contributed by atoms with Crippen molar-refractivity contribution in [3.05, 3.63) is 47.8 Å². The summed E-state index contributed by atoms with van der Waals surface area (Å²) >= 11 is 0. The predicted octanol–water partition coefficient (Wildman–Crippen LogP) is 6.26. The zero-order chi connectivity index (χ0) is 15.5. The number of rotatable bonds is 4. The highest BCUT2D eigenvalue weighted by atomic mass is 19.1. The Morgan fingerprint density at radius 2 is 1.91 bits per heavy atom. The molecule has 2 aliphatic carbocycles. The molecule has 4 atom stereocenters. The van der Waals surface area contributed by atoms with Gasteiger partial charge in [-0.1, -0.05) is 31.6 Å². The third kappa shape index (κ3) is 3.29. The first kappa shape index (κ1) is 15.8. The average molecular weight is 300 g/mol. The maximum absolute atomic E-state index is 14.2. The van der Waals surface area contributed by atoms with Crippen molar-refractivity contribution in [2.24, 2.45) is 17.8 Å². The SMILES string of the molecule is C=C[C@@H]1CC[C@@H]2CC(c3ccc(CCC)c(F)c3)CC[C@@H]2C1. The van der Waals surface area contributed by atoms with Crippen LogP contribution in [-0.4, -0.2) is 0 Å². The first-order valence-corrected chi connectivity index (χ1v) is 9.12. The van der Waals surface area contributed by atoms with Crippen LogP contribution in [0.4, 0.5) is 4.39 Å². The van der Waals surface area contributed by atoms with Crippen LogP contribution in [0.1, 0.15) is 68.9 Å². The molecule has 0 radical (unpaired) electrons. The van der Waals surface area contributed by atoms with E-state index >= 15 is 0 Å². The fraction of sp³-hybridized carbons (Fsp3) is 0.619. The Morgan fingerprint density at radius 1 is 1.14 bits per heavy atom. The number of halogens is 1. The molecular formula is C21H29F. The minimum absolute atomic E-state index is 0.0110.